The Hall–Kier alpha value is -2.75. The molecule has 0 aliphatic heterocycles. The number of rotatable bonds is 6. The molecule has 3 aromatic carbocycles. The van der Waals surface area contributed by atoms with Crippen LogP contribution in [0.2, 0.25) is 10.0 Å². The Balaban J connectivity index is 1.64. The maximum atomic E-state index is 13.7. The minimum atomic E-state index is -1.70. The van der Waals surface area contributed by atoms with Gasteiger partial charge in [0.2, 0.25) is 5.91 Å². The summed E-state index contributed by atoms with van der Waals surface area (Å²) in [4.78, 5) is 25.0. The van der Waals surface area contributed by atoms with Gasteiger partial charge < -0.3 is 10.6 Å². The number of thioether (sulfide) groups is 1. The third kappa shape index (κ3) is 5.73. The lowest BCUT2D eigenvalue weighted by molar-refractivity contribution is -0.113. The SMILES string of the molecule is O=C(CSc1cccc(NC(=O)c2ccc(Cl)cc2Cl)c1)Nc1c(F)c(F)cc(F)c1F. The van der Waals surface area contributed by atoms with Gasteiger partial charge in [-0.15, -0.1) is 11.8 Å². The van der Waals surface area contributed by atoms with Gasteiger partial charge in [0.25, 0.3) is 5.91 Å². The Labute approximate surface area is 193 Å². The predicted octanol–water partition coefficient (Wildman–Crippen LogP) is 6.53. The fourth-order valence-corrected chi connectivity index (χ4v) is 3.79. The third-order valence-electron chi connectivity index (χ3n) is 4.01. The van der Waals surface area contributed by atoms with E-state index < -0.39 is 40.8 Å². The van der Waals surface area contributed by atoms with E-state index in [0.29, 0.717) is 15.6 Å². The number of amides is 2. The highest BCUT2D eigenvalue weighted by atomic mass is 35.5. The minimum absolute atomic E-state index is 0.0477. The summed E-state index contributed by atoms with van der Waals surface area (Å²) in [7, 11) is 0. The number of nitrogens with one attached hydrogen (secondary N) is 2. The van der Waals surface area contributed by atoms with Crippen molar-refractivity contribution in [3.05, 3.63) is 87.4 Å². The first-order valence-corrected chi connectivity index (χ1v) is 10.5. The largest absolute Gasteiger partial charge is 0.322 e. The molecule has 32 heavy (non-hydrogen) atoms. The number of hydrogen-bond donors (Lipinski definition) is 2. The fourth-order valence-electron chi connectivity index (χ4n) is 2.54. The summed E-state index contributed by atoms with van der Waals surface area (Å²) in [5.41, 5.74) is -0.593. The van der Waals surface area contributed by atoms with Crippen LogP contribution in [-0.4, -0.2) is 17.6 Å². The molecule has 0 aliphatic carbocycles. The van der Waals surface area contributed by atoms with Crippen LogP contribution < -0.4 is 10.6 Å². The lowest BCUT2D eigenvalue weighted by Crippen LogP contribution is -2.17. The van der Waals surface area contributed by atoms with Gasteiger partial charge in [-0.25, -0.2) is 17.6 Å². The molecule has 2 N–H and O–H groups in total. The van der Waals surface area contributed by atoms with E-state index in [9.17, 15) is 27.2 Å². The summed E-state index contributed by atoms with van der Waals surface area (Å²) in [6, 6.07) is 10.9. The molecule has 0 spiro atoms. The molecule has 11 heteroatoms. The van der Waals surface area contributed by atoms with Crippen LogP contribution in [0.5, 0.6) is 0 Å². The molecule has 2 amide bonds. The van der Waals surface area contributed by atoms with E-state index in [4.69, 9.17) is 23.2 Å². The summed E-state index contributed by atoms with van der Waals surface area (Å²) in [5, 5.41) is 5.03. The molecule has 3 rings (SSSR count). The molecule has 0 saturated heterocycles. The van der Waals surface area contributed by atoms with E-state index in [1.807, 2.05) is 5.32 Å². The maximum absolute atomic E-state index is 13.7. The van der Waals surface area contributed by atoms with Gasteiger partial charge in [0, 0.05) is 21.7 Å². The highest BCUT2D eigenvalue weighted by molar-refractivity contribution is 8.00. The lowest BCUT2D eigenvalue weighted by atomic mass is 10.2. The summed E-state index contributed by atoms with van der Waals surface area (Å²) in [5.74, 6) is -8.35. The van der Waals surface area contributed by atoms with Crippen LogP contribution in [0.25, 0.3) is 0 Å². The van der Waals surface area contributed by atoms with Crippen molar-refractivity contribution in [2.75, 3.05) is 16.4 Å². The van der Waals surface area contributed by atoms with Gasteiger partial charge in [-0.05, 0) is 36.4 Å². The molecular weight excluding hydrogens is 491 g/mol. The van der Waals surface area contributed by atoms with E-state index in [1.54, 1.807) is 24.3 Å². The Morgan fingerprint density at radius 2 is 1.56 bits per heavy atom. The zero-order valence-corrected chi connectivity index (χ0v) is 18.1. The van der Waals surface area contributed by atoms with Gasteiger partial charge in [-0.1, -0.05) is 29.3 Å². The first kappa shape index (κ1) is 23.9. The lowest BCUT2D eigenvalue weighted by Gasteiger charge is -2.10. The van der Waals surface area contributed by atoms with E-state index in [1.165, 1.54) is 18.2 Å². The molecule has 0 bridgehead atoms. The molecule has 4 nitrogen and oxygen atoms in total. The number of anilines is 2. The van der Waals surface area contributed by atoms with Crippen LogP contribution in [0.4, 0.5) is 28.9 Å². The molecular formula is C21H12Cl2F4N2O2S. The highest BCUT2D eigenvalue weighted by Gasteiger charge is 2.21. The molecule has 0 aliphatic rings. The molecule has 0 unspecified atom stereocenters. The highest BCUT2D eigenvalue weighted by Crippen LogP contribution is 2.27. The summed E-state index contributed by atoms with van der Waals surface area (Å²) in [6.45, 7) is 0. The van der Waals surface area contributed by atoms with Crippen molar-refractivity contribution in [1.29, 1.82) is 0 Å². The Morgan fingerprint density at radius 1 is 0.875 bits per heavy atom. The number of benzene rings is 3. The molecule has 166 valence electrons. The second kappa shape index (κ2) is 10.2. The quantitative estimate of drug-likeness (QED) is 0.229. The zero-order chi connectivity index (χ0) is 23.4. The second-order valence-electron chi connectivity index (χ2n) is 6.29. The van der Waals surface area contributed by atoms with Crippen LogP contribution in [0, 0.1) is 23.3 Å². The van der Waals surface area contributed by atoms with Gasteiger partial charge in [0.05, 0.1) is 16.3 Å². The number of carbonyl (C=O) groups is 2. The molecule has 0 atom stereocenters. The third-order valence-corrected chi connectivity index (χ3v) is 5.56. The molecule has 0 fully saturated rings. The Kier molecular flexibility index (Phi) is 7.65. The van der Waals surface area contributed by atoms with E-state index in [0.717, 1.165) is 11.8 Å². The number of hydrogen-bond acceptors (Lipinski definition) is 3. The summed E-state index contributed by atoms with van der Waals surface area (Å²) >= 11 is 12.8. The normalized spacial score (nSPS) is 10.7. The molecule has 0 heterocycles. The van der Waals surface area contributed by atoms with E-state index >= 15 is 0 Å². The minimum Gasteiger partial charge on any atom is -0.322 e. The van der Waals surface area contributed by atoms with Crippen molar-refractivity contribution in [2.24, 2.45) is 0 Å². The monoisotopic (exact) mass is 502 g/mol. The zero-order valence-electron chi connectivity index (χ0n) is 15.8. The van der Waals surface area contributed by atoms with Crippen LogP contribution in [0.15, 0.2) is 53.4 Å². The van der Waals surface area contributed by atoms with Crippen molar-refractivity contribution >= 4 is 58.2 Å². The van der Waals surface area contributed by atoms with Crippen LogP contribution >= 0.6 is 35.0 Å². The number of halogens is 6. The number of carbonyl (C=O) groups excluding carboxylic acids is 2. The smallest absolute Gasteiger partial charge is 0.257 e. The van der Waals surface area contributed by atoms with Crippen molar-refractivity contribution in [1.82, 2.24) is 0 Å². The Morgan fingerprint density at radius 3 is 2.22 bits per heavy atom. The first-order chi connectivity index (χ1) is 15.2. The van der Waals surface area contributed by atoms with E-state index in [-0.39, 0.29) is 22.4 Å². The van der Waals surface area contributed by atoms with Gasteiger partial charge in [0.15, 0.2) is 23.3 Å². The van der Waals surface area contributed by atoms with Gasteiger partial charge in [-0.2, -0.15) is 0 Å². The topological polar surface area (TPSA) is 58.2 Å². The van der Waals surface area contributed by atoms with Gasteiger partial charge in [-0.3, -0.25) is 9.59 Å². The van der Waals surface area contributed by atoms with Crippen molar-refractivity contribution in [3.8, 4) is 0 Å². The maximum Gasteiger partial charge on any atom is 0.257 e. The van der Waals surface area contributed by atoms with Crippen LogP contribution in [0.1, 0.15) is 10.4 Å². The first-order valence-electron chi connectivity index (χ1n) is 8.78. The summed E-state index contributed by atoms with van der Waals surface area (Å²) in [6.07, 6.45) is 0. The molecule has 3 aromatic rings. The molecule has 0 saturated carbocycles. The van der Waals surface area contributed by atoms with Crippen molar-refractivity contribution < 1.29 is 27.2 Å². The van der Waals surface area contributed by atoms with E-state index in [2.05, 4.69) is 5.32 Å². The Bertz CT molecular complexity index is 1180. The average Bonchev–Trinajstić information content (AvgIpc) is 2.74. The molecule has 0 aromatic heterocycles. The van der Waals surface area contributed by atoms with Crippen molar-refractivity contribution in [2.45, 2.75) is 4.90 Å². The second-order valence-corrected chi connectivity index (χ2v) is 8.18. The van der Waals surface area contributed by atoms with Crippen LogP contribution in [0.3, 0.4) is 0 Å². The average molecular weight is 503 g/mol. The van der Waals surface area contributed by atoms with Gasteiger partial charge in [0.1, 0.15) is 5.69 Å². The fraction of sp³-hybridized carbons (Fsp3) is 0.0476. The van der Waals surface area contributed by atoms with Crippen molar-refractivity contribution in [3.63, 3.8) is 0 Å². The predicted molar refractivity (Wildman–Crippen MR) is 116 cm³/mol. The standard InChI is InChI=1S/C21H12Cl2F4N2O2S/c22-10-4-5-13(14(23)6-10)21(31)28-11-2-1-3-12(7-11)32-9-17(30)29-20-18(26)15(24)8-16(25)19(20)27/h1-8H,9H2,(H,28,31)(H,29,30). The summed E-state index contributed by atoms with van der Waals surface area (Å²) < 4.78 is 53.8. The molecule has 0 radical (unpaired) electrons. The van der Waals surface area contributed by atoms with Gasteiger partial charge >= 0.3 is 0 Å². The van der Waals surface area contributed by atoms with Crippen LogP contribution in [-0.2, 0) is 4.79 Å².